The average Bonchev–Trinajstić information content (AvgIpc) is 3.86. The molecule has 4 fully saturated rings. The van der Waals surface area contributed by atoms with E-state index in [9.17, 15) is 29.2 Å². The van der Waals surface area contributed by atoms with Crippen molar-refractivity contribution in [1.82, 2.24) is 30.5 Å². The standard InChI is InChI=1S/C44H50ClN9O6/c1-43(2)41(44(3,4)42(43)60-31-9-6-26(22-46)33(45)21-31)49-37(56)27-7-12-35(47-23-27)51-16-18-53(19-17-51)50(5)39(58)28-14-15-52(24-28)30-8-10-32-29(20-30)25-54(40(32)59)34-11-13-36(55)48-38(34)57/h6-10,12,20-21,23,28,34,41-42H,11,13-19,24-25H2,1-5H3,(H,49,56)(H,48,55,57)/t28-,34?,41-,42-/m1/s1. The lowest BCUT2D eigenvalue weighted by atomic mass is 9.49. The molecule has 2 aromatic carbocycles. The number of anilines is 2. The minimum atomic E-state index is -0.661. The highest BCUT2D eigenvalue weighted by Gasteiger charge is 2.64. The summed E-state index contributed by atoms with van der Waals surface area (Å²) in [5.41, 5.74) is 2.41. The maximum Gasteiger partial charge on any atom is 0.255 e. The highest BCUT2D eigenvalue weighted by molar-refractivity contribution is 6.31. The van der Waals surface area contributed by atoms with E-state index in [0.29, 0.717) is 86.1 Å². The second kappa shape index (κ2) is 15.7. The molecule has 5 amide bonds. The van der Waals surface area contributed by atoms with Gasteiger partial charge in [0, 0.05) is 99.7 Å². The minimum absolute atomic E-state index is 0.0640. The number of nitrogens with zero attached hydrogens (tertiary/aromatic N) is 7. The van der Waals surface area contributed by atoms with Gasteiger partial charge in [0.1, 0.15) is 29.8 Å². The van der Waals surface area contributed by atoms with Crippen molar-refractivity contribution in [2.75, 3.05) is 56.1 Å². The summed E-state index contributed by atoms with van der Waals surface area (Å²) in [6.45, 7) is 12.4. The molecule has 8 rings (SSSR count). The van der Waals surface area contributed by atoms with E-state index in [-0.39, 0.29) is 48.1 Å². The second-order valence-corrected chi connectivity index (χ2v) is 18.1. The Morgan fingerprint density at radius 1 is 0.967 bits per heavy atom. The molecule has 1 aliphatic carbocycles. The van der Waals surface area contributed by atoms with Crippen LogP contribution in [-0.2, 0) is 20.9 Å². The van der Waals surface area contributed by atoms with Gasteiger partial charge >= 0.3 is 0 Å². The monoisotopic (exact) mass is 835 g/mol. The van der Waals surface area contributed by atoms with Crippen LogP contribution in [0.25, 0.3) is 0 Å². The number of aromatic nitrogens is 1. The van der Waals surface area contributed by atoms with Gasteiger partial charge in [0.15, 0.2) is 0 Å². The molecule has 1 saturated carbocycles. The van der Waals surface area contributed by atoms with Gasteiger partial charge in [-0.3, -0.25) is 34.3 Å². The summed E-state index contributed by atoms with van der Waals surface area (Å²) in [4.78, 5) is 75.1. The number of hydrogen-bond acceptors (Lipinski definition) is 11. The van der Waals surface area contributed by atoms with E-state index in [1.54, 1.807) is 46.4 Å². The number of rotatable bonds is 9. The first-order chi connectivity index (χ1) is 28.6. The fraction of sp³-hybridized carbons (Fsp3) is 0.477. The van der Waals surface area contributed by atoms with E-state index < -0.39 is 22.8 Å². The van der Waals surface area contributed by atoms with Gasteiger partial charge in [0.2, 0.25) is 17.7 Å². The van der Waals surface area contributed by atoms with Gasteiger partial charge in [-0.2, -0.15) is 5.26 Å². The molecule has 0 bridgehead atoms. The molecule has 3 saturated heterocycles. The quantitative estimate of drug-likeness (QED) is 0.299. The van der Waals surface area contributed by atoms with Crippen molar-refractivity contribution in [1.29, 1.82) is 5.26 Å². The van der Waals surface area contributed by atoms with E-state index in [0.717, 1.165) is 17.1 Å². The van der Waals surface area contributed by atoms with Crippen LogP contribution in [0.3, 0.4) is 0 Å². The molecule has 15 nitrogen and oxygen atoms in total. The van der Waals surface area contributed by atoms with Crippen LogP contribution >= 0.6 is 11.6 Å². The van der Waals surface area contributed by atoms with Crippen molar-refractivity contribution >= 4 is 52.6 Å². The summed E-state index contributed by atoms with van der Waals surface area (Å²) in [7, 11) is 1.83. The zero-order valence-corrected chi connectivity index (χ0v) is 35.3. The highest BCUT2D eigenvalue weighted by atomic mass is 35.5. The molecule has 2 atom stereocenters. The molecule has 60 heavy (non-hydrogen) atoms. The number of pyridine rings is 1. The number of nitriles is 1. The number of hydrazine groups is 1. The number of amides is 5. The van der Waals surface area contributed by atoms with Crippen LogP contribution in [0.4, 0.5) is 11.5 Å². The van der Waals surface area contributed by atoms with Gasteiger partial charge in [0.05, 0.1) is 22.1 Å². The van der Waals surface area contributed by atoms with Gasteiger partial charge in [-0.05, 0) is 60.9 Å². The number of halogens is 1. The maximum absolute atomic E-state index is 13.8. The van der Waals surface area contributed by atoms with E-state index in [1.807, 2.05) is 25.2 Å². The lowest BCUT2D eigenvalue weighted by Gasteiger charge is -2.63. The Kier molecular flexibility index (Phi) is 10.7. The molecule has 5 heterocycles. The fourth-order valence-electron chi connectivity index (χ4n) is 10.1. The first kappa shape index (κ1) is 41.0. The van der Waals surface area contributed by atoms with Crippen LogP contribution in [0.2, 0.25) is 5.02 Å². The molecular weight excluding hydrogens is 786 g/mol. The van der Waals surface area contributed by atoms with Crippen LogP contribution in [-0.4, -0.2) is 114 Å². The van der Waals surface area contributed by atoms with Crippen LogP contribution < -0.4 is 25.2 Å². The molecule has 314 valence electrons. The number of ether oxygens (including phenoxy) is 1. The minimum Gasteiger partial charge on any atom is -0.489 e. The molecule has 5 aliphatic rings. The van der Waals surface area contributed by atoms with Crippen molar-refractivity contribution in [3.05, 3.63) is 82.0 Å². The van der Waals surface area contributed by atoms with Crippen LogP contribution in [0.15, 0.2) is 54.7 Å². The zero-order chi connectivity index (χ0) is 42.7. The Balaban J connectivity index is 0.809. The Labute approximate surface area is 354 Å². The number of hydrogen-bond donors (Lipinski definition) is 2. The molecule has 2 N–H and O–H groups in total. The van der Waals surface area contributed by atoms with Crippen molar-refractivity contribution < 1.29 is 28.7 Å². The smallest absolute Gasteiger partial charge is 0.255 e. The Morgan fingerprint density at radius 3 is 2.38 bits per heavy atom. The maximum atomic E-state index is 13.8. The molecular formula is C44H50ClN9O6. The zero-order valence-electron chi connectivity index (χ0n) is 34.5. The number of carbonyl (C=O) groups is 5. The van der Waals surface area contributed by atoms with Crippen LogP contribution in [0, 0.1) is 28.1 Å². The lowest BCUT2D eigenvalue weighted by Crippen LogP contribution is -2.74. The molecule has 0 radical (unpaired) electrons. The number of fused-ring (bicyclic) bond motifs is 1. The summed E-state index contributed by atoms with van der Waals surface area (Å²) < 4.78 is 6.37. The van der Waals surface area contributed by atoms with Crippen LogP contribution in [0.1, 0.15) is 78.8 Å². The molecule has 1 aromatic heterocycles. The summed E-state index contributed by atoms with van der Waals surface area (Å²) in [6, 6.07) is 15.6. The van der Waals surface area contributed by atoms with Gasteiger partial charge in [-0.15, -0.1) is 0 Å². The number of imide groups is 1. The summed E-state index contributed by atoms with van der Waals surface area (Å²) in [5.74, 6) is 0.0677. The molecule has 3 aromatic rings. The van der Waals surface area contributed by atoms with Crippen molar-refractivity contribution in [2.24, 2.45) is 16.7 Å². The van der Waals surface area contributed by atoms with Gasteiger partial charge in [-0.1, -0.05) is 39.3 Å². The average molecular weight is 836 g/mol. The topological polar surface area (TPSA) is 172 Å². The number of carbonyl (C=O) groups excluding carboxylic acids is 5. The SMILES string of the molecule is CN(C(=O)[C@@H]1CCN(c2ccc3c(c2)CN(C2CCC(=O)NC2=O)C3=O)C1)N1CCN(c2ccc(C(=O)N[C@H]3C(C)(C)[C@H](Oc4ccc(C#N)c(Cl)c4)C3(C)C)cn2)CC1. The van der Waals surface area contributed by atoms with Crippen molar-refractivity contribution in [2.45, 2.75) is 71.7 Å². The normalized spacial score (nSPS) is 24.6. The van der Waals surface area contributed by atoms with E-state index in [4.69, 9.17) is 16.3 Å². The van der Waals surface area contributed by atoms with Gasteiger partial charge < -0.3 is 24.8 Å². The Bertz CT molecular complexity index is 2270. The predicted molar refractivity (Wildman–Crippen MR) is 223 cm³/mol. The van der Waals surface area contributed by atoms with E-state index >= 15 is 0 Å². The van der Waals surface area contributed by atoms with Gasteiger partial charge in [-0.25, -0.2) is 9.99 Å². The van der Waals surface area contributed by atoms with E-state index in [1.165, 1.54) is 0 Å². The summed E-state index contributed by atoms with van der Waals surface area (Å²) >= 11 is 6.25. The third-order valence-electron chi connectivity index (χ3n) is 13.2. The third-order valence-corrected chi connectivity index (χ3v) is 13.5. The van der Waals surface area contributed by atoms with Crippen LogP contribution in [0.5, 0.6) is 5.75 Å². The number of piperazine rings is 1. The van der Waals surface area contributed by atoms with Gasteiger partial charge in [0.25, 0.3) is 11.8 Å². The second-order valence-electron chi connectivity index (χ2n) is 17.7. The first-order valence-electron chi connectivity index (χ1n) is 20.5. The Hall–Kier alpha value is -5.72. The summed E-state index contributed by atoms with van der Waals surface area (Å²) in [6.07, 6.45) is 2.63. The van der Waals surface area contributed by atoms with Crippen molar-refractivity contribution in [3.8, 4) is 11.8 Å². The first-order valence-corrected chi connectivity index (χ1v) is 20.9. The highest BCUT2D eigenvalue weighted by Crippen LogP contribution is 2.55. The lowest BCUT2D eigenvalue weighted by molar-refractivity contribution is -0.164. The van der Waals surface area contributed by atoms with E-state index in [2.05, 4.69) is 64.2 Å². The third kappa shape index (κ3) is 7.40. The fourth-order valence-corrected chi connectivity index (χ4v) is 10.3. The number of nitrogens with one attached hydrogen (secondary N) is 2. The summed E-state index contributed by atoms with van der Waals surface area (Å²) in [5, 5.41) is 18.9. The van der Waals surface area contributed by atoms with Crippen molar-refractivity contribution in [3.63, 3.8) is 0 Å². The largest absolute Gasteiger partial charge is 0.489 e. The number of benzene rings is 2. The Morgan fingerprint density at radius 2 is 1.72 bits per heavy atom. The molecule has 16 heteroatoms. The molecule has 4 aliphatic heterocycles. The number of piperidine rings is 1. The molecule has 1 unspecified atom stereocenters. The molecule has 0 spiro atoms. The predicted octanol–water partition coefficient (Wildman–Crippen LogP) is 4.00.